The lowest BCUT2D eigenvalue weighted by atomic mass is 10.1. The van der Waals surface area contributed by atoms with Gasteiger partial charge in [0, 0.05) is 11.4 Å². The summed E-state index contributed by atoms with van der Waals surface area (Å²) >= 11 is 0. The predicted molar refractivity (Wildman–Crippen MR) is 103 cm³/mol. The molecular weight excluding hydrogens is 344 g/mol. The molecule has 1 amide bonds. The van der Waals surface area contributed by atoms with Gasteiger partial charge in [-0.1, -0.05) is 19.1 Å². The van der Waals surface area contributed by atoms with E-state index >= 15 is 0 Å². The van der Waals surface area contributed by atoms with E-state index in [-0.39, 0.29) is 18.4 Å². The summed E-state index contributed by atoms with van der Waals surface area (Å²) in [6.45, 7) is 6.00. The number of hydrogen-bond acceptors (Lipinski definition) is 4. The van der Waals surface area contributed by atoms with E-state index in [0.717, 1.165) is 12.1 Å². The molecule has 3 aromatic rings. The van der Waals surface area contributed by atoms with Gasteiger partial charge in [-0.25, -0.2) is 9.67 Å². The third-order valence-electron chi connectivity index (χ3n) is 4.51. The van der Waals surface area contributed by atoms with Crippen molar-refractivity contribution in [1.29, 1.82) is 0 Å². The average Bonchev–Trinajstić information content (AvgIpc) is 3.05. The standard InChI is InChI=1S/C20H22N4O3/c1-4-13(3)24-19-17(11-21-24)16(9-12(2)22-19)20(27)23-15-7-5-14(6-8-15)10-18(25)26/h5-9,11,13H,4,10H2,1-3H3,(H,23,27)(H,25,26). The number of aryl methyl sites for hydroxylation is 1. The van der Waals surface area contributed by atoms with Gasteiger partial charge in [-0.2, -0.15) is 5.10 Å². The van der Waals surface area contributed by atoms with E-state index in [2.05, 4.69) is 29.2 Å². The van der Waals surface area contributed by atoms with Gasteiger partial charge in [0.2, 0.25) is 0 Å². The Hall–Kier alpha value is -3.22. The van der Waals surface area contributed by atoms with Gasteiger partial charge in [0.25, 0.3) is 5.91 Å². The highest BCUT2D eigenvalue weighted by Gasteiger charge is 2.17. The lowest BCUT2D eigenvalue weighted by Crippen LogP contribution is -2.14. The zero-order chi connectivity index (χ0) is 19.6. The van der Waals surface area contributed by atoms with Crippen molar-refractivity contribution in [1.82, 2.24) is 14.8 Å². The van der Waals surface area contributed by atoms with Crippen molar-refractivity contribution in [2.75, 3.05) is 5.32 Å². The molecule has 0 bridgehead atoms. The van der Waals surface area contributed by atoms with Crippen molar-refractivity contribution in [2.24, 2.45) is 0 Å². The van der Waals surface area contributed by atoms with Crippen LogP contribution in [0.15, 0.2) is 36.5 Å². The lowest BCUT2D eigenvalue weighted by molar-refractivity contribution is -0.136. The van der Waals surface area contributed by atoms with Crippen LogP contribution in [0.5, 0.6) is 0 Å². The third-order valence-corrected chi connectivity index (χ3v) is 4.51. The number of carboxylic acid groups (broad SMARTS) is 1. The first kappa shape index (κ1) is 18.6. The van der Waals surface area contributed by atoms with Crippen molar-refractivity contribution in [3.63, 3.8) is 0 Å². The fourth-order valence-electron chi connectivity index (χ4n) is 2.91. The molecule has 0 aliphatic rings. The highest BCUT2D eigenvalue weighted by molar-refractivity contribution is 6.12. The van der Waals surface area contributed by atoms with Crippen LogP contribution in [-0.4, -0.2) is 31.7 Å². The Morgan fingerprint density at radius 3 is 2.59 bits per heavy atom. The minimum absolute atomic E-state index is 0.0484. The van der Waals surface area contributed by atoms with Crippen LogP contribution in [0.3, 0.4) is 0 Å². The summed E-state index contributed by atoms with van der Waals surface area (Å²) in [6, 6.07) is 8.72. The van der Waals surface area contributed by atoms with Crippen molar-refractivity contribution < 1.29 is 14.7 Å². The molecule has 1 atom stereocenters. The van der Waals surface area contributed by atoms with Crippen molar-refractivity contribution in [3.8, 4) is 0 Å². The van der Waals surface area contributed by atoms with Gasteiger partial charge in [-0.3, -0.25) is 9.59 Å². The number of carbonyl (C=O) groups excluding carboxylic acids is 1. The molecule has 0 saturated carbocycles. The number of rotatable bonds is 6. The highest BCUT2D eigenvalue weighted by Crippen LogP contribution is 2.23. The summed E-state index contributed by atoms with van der Waals surface area (Å²) < 4.78 is 1.85. The Morgan fingerprint density at radius 1 is 1.26 bits per heavy atom. The number of aromatic nitrogens is 3. The molecule has 140 valence electrons. The van der Waals surface area contributed by atoms with Gasteiger partial charge in [0.1, 0.15) is 0 Å². The molecule has 7 heteroatoms. The number of fused-ring (bicyclic) bond motifs is 1. The first-order valence-corrected chi connectivity index (χ1v) is 8.86. The number of aliphatic carboxylic acids is 1. The topological polar surface area (TPSA) is 97.1 Å². The molecule has 2 aromatic heterocycles. The number of benzene rings is 1. The van der Waals surface area contributed by atoms with Gasteiger partial charge in [-0.05, 0) is 44.0 Å². The molecule has 0 spiro atoms. The van der Waals surface area contributed by atoms with Crippen LogP contribution >= 0.6 is 0 Å². The first-order valence-electron chi connectivity index (χ1n) is 8.86. The largest absolute Gasteiger partial charge is 0.481 e. The lowest BCUT2D eigenvalue weighted by Gasteiger charge is -2.11. The van der Waals surface area contributed by atoms with E-state index in [1.807, 2.05) is 11.6 Å². The Balaban J connectivity index is 1.89. The van der Waals surface area contributed by atoms with E-state index in [4.69, 9.17) is 5.11 Å². The summed E-state index contributed by atoms with van der Waals surface area (Å²) in [4.78, 5) is 28.1. The number of pyridine rings is 1. The summed E-state index contributed by atoms with van der Waals surface area (Å²) in [7, 11) is 0. The molecular formula is C20H22N4O3. The van der Waals surface area contributed by atoms with Crippen LogP contribution in [0.4, 0.5) is 5.69 Å². The average molecular weight is 366 g/mol. The molecule has 0 fully saturated rings. The van der Waals surface area contributed by atoms with Gasteiger partial charge in [0.05, 0.1) is 29.6 Å². The van der Waals surface area contributed by atoms with Gasteiger partial charge >= 0.3 is 5.97 Å². The quantitative estimate of drug-likeness (QED) is 0.695. The Kier molecular flexibility index (Phi) is 5.21. The van der Waals surface area contributed by atoms with Gasteiger partial charge in [0.15, 0.2) is 5.65 Å². The molecule has 2 N–H and O–H groups in total. The molecule has 7 nitrogen and oxygen atoms in total. The molecule has 27 heavy (non-hydrogen) atoms. The summed E-state index contributed by atoms with van der Waals surface area (Å²) in [5.74, 6) is -1.14. The third kappa shape index (κ3) is 3.97. The highest BCUT2D eigenvalue weighted by atomic mass is 16.4. The van der Waals surface area contributed by atoms with E-state index in [1.165, 1.54) is 0 Å². The maximum absolute atomic E-state index is 12.8. The zero-order valence-electron chi connectivity index (χ0n) is 15.6. The van der Waals surface area contributed by atoms with Crippen molar-refractivity contribution >= 4 is 28.6 Å². The Morgan fingerprint density at radius 2 is 1.96 bits per heavy atom. The zero-order valence-corrected chi connectivity index (χ0v) is 15.6. The SMILES string of the molecule is CCC(C)n1ncc2c(C(=O)Nc3ccc(CC(=O)O)cc3)cc(C)nc21. The van der Waals surface area contributed by atoms with Crippen LogP contribution in [0, 0.1) is 6.92 Å². The second-order valence-electron chi connectivity index (χ2n) is 6.62. The van der Waals surface area contributed by atoms with Crippen molar-refractivity contribution in [3.05, 3.63) is 53.3 Å². The molecule has 1 unspecified atom stereocenters. The summed E-state index contributed by atoms with van der Waals surface area (Å²) in [6.07, 6.45) is 2.54. The molecule has 3 rings (SSSR count). The van der Waals surface area contributed by atoms with Crippen LogP contribution in [0.1, 0.15) is 47.9 Å². The number of carboxylic acids is 1. The molecule has 1 aromatic carbocycles. The van der Waals surface area contributed by atoms with E-state index < -0.39 is 5.97 Å². The molecule has 0 aliphatic carbocycles. The molecule has 0 radical (unpaired) electrons. The fraction of sp³-hybridized carbons (Fsp3) is 0.300. The number of carbonyl (C=O) groups is 2. The fourth-order valence-corrected chi connectivity index (χ4v) is 2.91. The number of hydrogen-bond donors (Lipinski definition) is 2. The number of amides is 1. The van der Waals surface area contributed by atoms with Crippen LogP contribution in [-0.2, 0) is 11.2 Å². The number of anilines is 1. The maximum Gasteiger partial charge on any atom is 0.307 e. The van der Waals surface area contributed by atoms with E-state index in [1.54, 1.807) is 36.5 Å². The molecule has 2 heterocycles. The maximum atomic E-state index is 12.8. The summed E-state index contributed by atoms with van der Waals surface area (Å²) in [5, 5.41) is 16.8. The van der Waals surface area contributed by atoms with Crippen LogP contribution in [0.25, 0.3) is 11.0 Å². The number of nitrogens with one attached hydrogen (secondary N) is 1. The van der Waals surface area contributed by atoms with Crippen LogP contribution < -0.4 is 5.32 Å². The summed E-state index contributed by atoms with van der Waals surface area (Å²) in [5.41, 5.74) is 3.24. The van der Waals surface area contributed by atoms with Gasteiger partial charge in [-0.15, -0.1) is 0 Å². The normalized spacial score (nSPS) is 12.1. The Bertz CT molecular complexity index is 992. The van der Waals surface area contributed by atoms with Crippen molar-refractivity contribution in [2.45, 2.75) is 39.7 Å². The molecule has 0 aliphatic heterocycles. The molecule has 0 saturated heterocycles. The van der Waals surface area contributed by atoms with Crippen LogP contribution in [0.2, 0.25) is 0 Å². The number of nitrogens with zero attached hydrogens (tertiary/aromatic N) is 3. The second-order valence-corrected chi connectivity index (χ2v) is 6.62. The van der Waals surface area contributed by atoms with E-state index in [0.29, 0.717) is 27.8 Å². The minimum Gasteiger partial charge on any atom is -0.481 e. The smallest absolute Gasteiger partial charge is 0.307 e. The second kappa shape index (κ2) is 7.57. The first-order chi connectivity index (χ1) is 12.9. The predicted octanol–water partition coefficient (Wildman–Crippen LogP) is 3.59. The minimum atomic E-state index is -0.889. The Labute approximate surface area is 157 Å². The van der Waals surface area contributed by atoms with Gasteiger partial charge < -0.3 is 10.4 Å². The van der Waals surface area contributed by atoms with E-state index in [9.17, 15) is 9.59 Å². The monoisotopic (exact) mass is 366 g/mol.